The summed E-state index contributed by atoms with van der Waals surface area (Å²) in [4.78, 5) is 16.1. The number of anilines is 2. The number of carbonyl (C=O) groups is 1. The van der Waals surface area contributed by atoms with Crippen LogP contribution in [0.25, 0.3) is 0 Å². The molecule has 1 saturated heterocycles. The van der Waals surface area contributed by atoms with Gasteiger partial charge in [0.25, 0.3) is 0 Å². The van der Waals surface area contributed by atoms with E-state index in [0.717, 1.165) is 18.8 Å². The number of aromatic nitrogens is 1. The van der Waals surface area contributed by atoms with Crippen LogP contribution in [-0.2, 0) is 0 Å². The molecule has 0 saturated carbocycles. The third-order valence-corrected chi connectivity index (χ3v) is 3.79. The van der Waals surface area contributed by atoms with Crippen molar-refractivity contribution in [2.75, 3.05) is 36.4 Å². The lowest BCUT2D eigenvalue weighted by atomic mass is 10.2. The monoisotopic (exact) mass is 311 g/mol. The molecule has 0 unspecified atom stereocenters. The molecule has 1 aromatic heterocycles. The Morgan fingerprint density at radius 2 is 1.96 bits per heavy atom. The fourth-order valence-electron chi connectivity index (χ4n) is 2.53. The van der Waals surface area contributed by atoms with Gasteiger partial charge in [-0.25, -0.2) is 4.79 Å². The number of aryl methyl sites for hydroxylation is 1. The van der Waals surface area contributed by atoms with Crippen LogP contribution in [0.15, 0.2) is 34.9 Å². The van der Waals surface area contributed by atoms with Gasteiger partial charge < -0.3 is 14.3 Å². The van der Waals surface area contributed by atoms with E-state index in [-0.39, 0.29) is 6.03 Å². The maximum absolute atomic E-state index is 12.2. The van der Waals surface area contributed by atoms with Gasteiger partial charge >= 0.3 is 6.03 Å². The van der Waals surface area contributed by atoms with Crippen molar-refractivity contribution in [1.29, 1.82) is 5.26 Å². The fraction of sp³-hybridized carbons (Fsp3) is 0.312. The van der Waals surface area contributed by atoms with E-state index in [1.807, 2.05) is 12.1 Å². The number of benzene rings is 1. The van der Waals surface area contributed by atoms with Gasteiger partial charge in [0.2, 0.25) is 0 Å². The molecule has 2 amide bonds. The van der Waals surface area contributed by atoms with Crippen molar-refractivity contribution in [3.8, 4) is 6.07 Å². The molecule has 0 atom stereocenters. The SMILES string of the molecule is Cc1cc(NC(=O)N2CCN(c3ccc(C#N)cc3)CC2)no1. The van der Waals surface area contributed by atoms with Crippen molar-refractivity contribution < 1.29 is 9.32 Å². The average Bonchev–Trinajstić information content (AvgIpc) is 3.00. The summed E-state index contributed by atoms with van der Waals surface area (Å²) < 4.78 is 4.93. The Bertz CT molecular complexity index is 724. The molecule has 0 spiro atoms. The quantitative estimate of drug-likeness (QED) is 0.919. The van der Waals surface area contributed by atoms with Crippen LogP contribution in [0.4, 0.5) is 16.3 Å². The minimum absolute atomic E-state index is 0.169. The number of nitriles is 1. The lowest BCUT2D eigenvalue weighted by molar-refractivity contribution is 0.208. The topological polar surface area (TPSA) is 85.4 Å². The second kappa shape index (κ2) is 6.40. The molecule has 0 aliphatic carbocycles. The van der Waals surface area contributed by atoms with Crippen molar-refractivity contribution in [3.05, 3.63) is 41.7 Å². The molecule has 2 heterocycles. The molecular formula is C16H17N5O2. The Hall–Kier alpha value is -3.01. The van der Waals surface area contributed by atoms with Gasteiger partial charge in [-0.2, -0.15) is 5.26 Å². The van der Waals surface area contributed by atoms with Gasteiger partial charge in [-0.1, -0.05) is 5.16 Å². The number of hydrogen-bond acceptors (Lipinski definition) is 5. The standard InChI is InChI=1S/C16H17N5O2/c1-12-10-15(19-23-12)18-16(22)21-8-6-20(7-9-21)14-4-2-13(11-17)3-5-14/h2-5,10H,6-9H2,1H3,(H,18,19,22). The summed E-state index contributed by atoms with van der Waals surface area (Å²) in [5, 5.41) is 15.3. The van der Waals surface area contributed by atoms with Crippen molar-refractivity contribution in [2.45, 2.75) is 6.92 Å². The van der Waals surface area contributed by atoms with E-state index in [2.05, 4.69) is 21.4 Å². The van der Waals surface area contributed by atoms with E-state index in [0.29, 0.717) is 30.2 Å². The fourth-order valence-corrected chi connectivity index (χ4v) is 2.53. The Labute approximate surface area is 134 Å². The zero-order valence-electron chi connectivity index (χ0n) is 12.8. The summed E-state index contributed by atoms with van der Waals surface area (Å²) >= 11 is 0. The largest absolute Gasteiger partial charge is 0.368 e. The minimum atomic E-state index is -0.169. The molecule has 1 fully saturated rings. The van der Waals surface area contributed by atoms with E-state index in [9.17, 15) is 4.79 Å². The normalized spacial score (nSPS) is 14.4. The number of piperazine rings is 1. The molecule has 118 valence electrons. The predicted octanol–water partition coefficient (Wildman–Crippen LogP) is 2.21. The van der Waals surface area contributed by atoms with E-state index in [4.69, 9.17) is 9.78 Å². The molecule has 1 N–H and O–H groups in total. The Balaban J connectivity index is 1.55. The smallest absolute Gasteiger partial charge is 0.323 e. The second-order valence-electron chi connectivity index (χ2n) is 5.39. The third-order valence-electron chi connectivity index (χ3n) is 3.79. The lowest BCUT2D eigenvalue weighted by Gasteiger charge is -2.35. The highest BCUT2D eigenvalue weighted by molar-refractivity contribution is 5.88. The average molecular weight is 311 g/mol. The summed E-state index contributed by atoms with van der Waals surface area (Å²) in [5.41, 5.74) is 1.71. The number of carbonyl (C=O) groups excluding carboxylic acids is 1. The van der Waals surface area contributed by atoms with Crippen LogP contribution < -0.4 is 10.2 Å². The van der Waals surface area contributed by atoms with Gasteiger partial charge in [0.05, 0.1) is 11.6 Å². The van der Waals surface area contributed by atoms with Gasteiger partial charge in [-0.15, -0.1) is 0 Å². The summed E-state index contributed by atoms with van der Waals surface area (Å²) in [6, 6.07) is 11.1. The number of urea groups is 1. The van der Waals surface area contributed by atoms with Crippen LogP contribution >= 0.6 is 0 Å². The van der Waals surface area contributed by atoms with Crippen LogP contribution in [0.5, 0.6) is 0 Å². The zero-order chi connectivity index (χ0) is 16.2. The Morgan fingerprint density at radius 1 is 1.26 bits per heavy atom. The molecule has 2 aromatic rings. The van der Waals surface area contributed by atoms with Gasteiger partial charge in [-0.05, 0) is 31.2 Å². The van der Waals surface area contributed by atoms with E-state index >= 15 is 0 Å². The Kier molecular flexibility index (Phi) is 4.15. The van der Waals surface area contributed by atoms with E-state index < -0.39 is 0 Å². The third kappa shape index (κ3) is 3.43. The molecule has 0 radical (unpaired) electrons. The van der Waals surface area contributed by atoms with Crippen LogP contribution in [-0.4, -0.2) is 42.3 Å². The minimum Gasteiger partial charge on any atom is -0.368 e. The number of amides is 2. The number of nitrogens with one attached hydrogen (secondary N) is 1. The summed E-state index contributed by atoms with van der Waals surface area (Å²) in [5.74, 6) is 1.09. The molecule has 0 bridgehead atoms. The molecule has 3 rings (SSSR count). The van der Waals surface area contributed by atoms with Gasteiger partial charge in [0, 0.05) is 37.9 Å². The maximum atomic E-state index is 12.2. The van der Waals surface area contributed by atoms with Crippen molar-refractivity contribution in [2.24, 2.45) is 0 Å². The first kappa shape index (κ1) is 14.9. The van der Waals surface area contributed by atoms with Crippen LogP contribution in [0, 0.1) is 18.3 Å². The summed E-state index contributed by atoms with van der Waals surface area (Å²) in [6.07, 6.45) is 0. The number of nitrogens with zero attached hydrogens (tertiary/aromatic N) is 4. The van der Waals surface area contributed by atoms with E-state index in [1.54, 1.807) is 30.0 Å². The Morgan fingerprint density at radius 3 is 2.52 bits per heavy atom. The van der Waals surface area contributed by atoms with Crippen molar-refractivity contribution in [1.82, 2.24) is 10.1 Å². The highest BCUT2D eigenvalue weighted by atomic mass is 16.5. The number of hydrogen-bond donors (Lipinski definition) is 1. The molecule has 1 aliphatic heterocycles. The van der Waals surface area contributed by atoms with Crippen LogP contribution in [0.2, 0.25) is 0 Å². The molecule has 1 aromatic carbocycles. The van der Waals surface area contributed by atoms with Crippen LogP contribution in [0.3, 0.4) is 0 Å². The van der Waals surface area contributed by atoms with E-state index in [1.165, 1.54) is 0 Å². The first-order valence-corrected chi connectivity index (χ1v) is 7.40. The zero-order valence-corrected chi connectivity index (χ0v) is 12.8. The van der Waals surface area contributed by atoms with Gasteiger partial charge in [0.15, 0.2) is 5.82 Å². The van der Waals surface area contributed by atoms with Gasteiger partial charge in [-0.3, -0.25) is 5.32 Å². The van der Waals surface area contributed by atoms with Crippen molar-refractivity contribution >= 4 is 17.5 Å². The first-order chi connectivity index (χ1) is 11.2. The molecule has 7 heteroatoms. The lowest BCUT2D eigenvalue weighted by Crippen LogP contribution is -2.50. The summed E-state index contributed by atoms with van der Waals surface area (Å²) in [7, 11) is 0. The highest BCUT2D eigenvalue weighted by Gasteiger charge is 2.22. The van der Waals surface area contributed by atoms with Crippen molar-refractivity contribution in [3.63, 3.8) is 0 Å². The second-order valence-corrected chi connectivity index (χ2v) is 5.39. The molecule has 7 nitrogen and oxygen atoms in total. The molecule has 23 heavy (non-hydrogen) atoms. The van der Waals surface area contributed by atoms with Crippen LogP contribution in [0.1, 0.15) is 11.3 Å². The molecular weight excluding hydrogens is 294 g/mol. The number of rotatable bonds is 2. The first-order valence-electron chi connectivity index (χ1n) is 7.40. The molecule has 1 aliphatic rings. The highest BCUT2D eigenvalue weighted by Crippen LogP contribution is 2.17. The predicted molar refractivity (Wildman–Crippen MR) is 85.2 cm³/mol. The van der Waals surface area contributed by atoms with Gasteiger partial charge in [0.1, 0.15) is 5.76 Å². The summed E-state index contributed by atoms with van der Waals surface area (Å²) in [6.45, 7) is 4.53. The maximum Gasteiger partial charge on any atom is 0.323 e.